The number of anilines is 3. The average Bonchev–Trinajstić information content (AvgIpc) is 1.53. The van der Waals surface area contributed by atoms with Gasteiger partial charge in [0.15, 0.2) is 0 Å². The van der Waals surface area contributed by atoms with E-state index in [0.29, 0.717) is 5.95 Å². The highest BCUT2D eigenvalue weighted by atomic mass is 32.1. The molecule has 0 saturated heterocycles. The first-order chi connectivity index (χ1) is 71.9. The molecule has 0 unspecified atom stereocenters. The van der Waals surface area contributed by atoms with Crippen LogP contribution in [0.3, 0.4) is 0 Å². The summed E-state index contributed by atoms with van der Waals surface area (Å²) in [4.78, 5) is 24.2. The lowest BCUT2D eigenvalue weighted by Crippen LogP contribution is -2.36. The fourth-order valence-corrected chi connectivity index (χ4v) is 26.2. The van der Waals surface area contributed by atoms with Crippen molar-refractivity contribution < 1.29 is 8.83 Å². The third-order valence-electron chi connectivity index (χ3n) is 30.1. The molecule has 0 saturated carbocycles. The third kappa shape index (κ3) is 12.8. The van der Waals surface area contributed by atoms with Crippen LogP contribution in [0.25, 0.3) is 255 Å². The van der Waals surface area contributed by atoms with Gasteiger partial charge in [0.1, 0.15) is 22.3 Å². The highest BCUT2D eigenvalue weighted by Gasteiger charge is 2.52. The van der Waals surface area contributed by atoms with Crippen LogP contribution in [0.4, 0.5) is 17.3 Å². The van der Waals surface area contributed by atoms with Gasteiger partial charge in [0, 0.05) is 128 Å². The molecular weight excluding hydrogens is 1800 g/mol. The molecule has 8 nitrogen and oxygen atoms in total. The quantitative estimate of drug-likeness (QED) is 0.150. The van der Waals surface area contributed by atoms with Crippen LogP contribution in [0.2, 0.25) is 0 Å². The van der Waals surface area contributed by atoms with E-state index in [1.165, 1.54) is 139 Å². The molecule has 0 atom stereocenters. The lowest BCUT2D eigenvalue weighted by Gasteiger charge is -2.44. The number of aromatic nitrogens is 5. The van der Waals surface area contributed by atoms with Gasteiger partial charge in [0.05, 0.1) is 61.8 Å². The first-order valence-corrected chi connectivity index (χ1v) is 50.9. The lowest BCUT2D eigenvalue weighted by atomic mass is 9.65. The van der Waals surface area contributed by atoms with Crippen molar-refractivity contribution >= 4 is 211 Å². The minimum Gasteiger partial charge on any atom is -0.456 e. The Balaban J connectivity index is 0.000000102. The summed E-state index contributed by atoms with van der Waals surface area (Å²) in [5.74, 6) is 0.665. The molecule has 8 aromatic heterocycles. The number of thiophene rings is 2. The molecule has 0 radical (unpaired) electrons. The van der Waals surface area contributed by atoms with E-state index >= 15 is 0 Å². The topological polar surface area (TPSA) is 86.0 Å². The summed E-state index contributed by atoms with van der Waals surface area (Å²) in [5, 5.41) is 25.0. The summed E-state index contributed by atoms with van der Waals surface area (Å²) in [5.41, 5.74) is 30.0. The summed E-state index contributed by atoms with van der Waals surface area (Å²) < 4.78 is 20.3. The van der Waals surface area contributed by atoms with Gasteiger partial charge >= 0.3 is 0 Å². The summed E-state index contributed by atoms with van der Waals surface area (Å²) in [6.07, 6.45) is 0. The highest BCUT2D eigenvalue weighted by molar-refractivity contribution is 7.27. The molecule has 22 aromatic carbocycles. The Labute approximate surface area is 839 Å². The van der Waals surface area contributed by atoms with E-state index in [0.717, 1.165) is 150 Å². The number of benzene rings is 22. The molecule has 32 rings (SSSR count). The zero-order chi connectivity index (χ0) is 95.1. The van der Waals surface area contributed by atoms with Gasteiger partial charge in [-0.2, -0.15) is 0 Å². The normalized spacial score (nSPS) is 12.6. The predicted octanol–water partition coefficient (Wildman–Crippen LogP) is 37.3. The summed E-state index contributed by atoms with van der Waals surface area (Å²) >= 11 is 3.73. The molecule has 145 heavy (non-hydrogen) atoms. The minimum atomic E-state index is -0.492. The van der Waals surface area contributed by atoms with Crippen molar-refractivity contribution in [1.29, 1.82) is 0 Å². The Bertz CT molecular complexity index is 10600. The maximum Gasteiger partial charge on any atom is 0.235 e. The minimum absolute atomic E-state index is 0.492. The highest BCUT2D eigenvalue weighted by Crippen LogP contribution is 2.64. The molecule has 0 fully saturated rings. The first-order valence-electron chi connectivity index (χ1n) is 49.3. The monoisotopic (exact) mass is 1880 g/mol. The summed E-state index contributed by atoms with van der Waals surface area (Å²) in [6.45, 7) is 0. The SMILES string of the molecule is c1ccc(-c2cccc(-n3c4ccccc4c4cc(-c5cc6c(ccc7oc8c9ccccc9ccc8c76)c(-c6ccccc6)n5)ccc43)c2)cc1.c1ccc(-c2nc(-c3ccc4oc5ccccc5c4c3)cc3c2ccc2sc4c5ccccc5ccc4c23)cc1.c1ccc(-c2nc(N3c4ccccc4C4(c5ccccc5-c5ccccc54)c4ccccc43)nc3c2ccc2sc4c5ccccc5ccc4c23)cc1. The van der Waals surface area contributed by atoms with Crippen LogP contribution < -0.4 is 4.90 Å². The number of fused-ring (bicyclic) bond motifs is 36. The Hall–Kier alpha value is -18.6. The lowest BCUT2D eigenvalue weighted by molar-refractivity contribution is 0.669. The maximum atomic E-state index is 6.63. The van der Waals surface area contributed by atoms with Crippen molar-refractivity contribution in [3.63, 3.8) is 0 Å². The second-order valence-corrected chi connectivity index (χ2v) is 40.0. The molecule has 10 heteroatoms. The molecule has 1 aliphatic heterocycles. The number of para-hydroxylation sites is 4. The zero-order valence-electron chi connectivity index (χ0n) is 78.0. The molecule has 2 aliphatic rings. The van der Waals surface area contributed by atoms with Gasteiger partial charge in [0.25, 0.3) is 0 Å². The van der Waals surface area contributed by atoms with Crippen molar-refractivity contribution in [3.05, 3.63) is 508 Å². The van der Waals surface area contributed by atoms with Crippen LogP contribution in [0.1, 0.15) is 22.3 Å². The number of furan rings is 2. The average molecular weight is 1880 g/mol. The Morgan fingerprint density at radius 3 is 1.30 bits per heavy atom. The molecule has 674 valence electrons. The number of pyridine rings is 2. The molecule has 0 N–H and O–H groups in total. The molecule has 30 aromatic rings. The van der Waals surface area contributed by atoms with Gasteiger partial charge in [-0.1, -0.05) is 370 Å². The Morgan fingerprint density at radius 2 is 0.669 bits per heavy atom. The maximum absolute atomic E-state index is 6.63. The third-order valence-corrected chi connectivity index (χ3v) is 32.5. The number of rotatable bonds is 8. The van der Waals surface area contributed by atoms with Crippen molar-refractivity contribution in [3.8, 4) is 84.2 Å². The van der Waals surface area contributed by atoms with Crippen molar-refractivity contribution in [2.75, 3.05) is 4.90 Å². The molecule has 1 spiro atoms. The first kappa shape index (κ1) is 82.3. The number of nitrogens with zero attached hydrogens (tertiary/aromatic N) is 6. The van der Waals surface area contributed by atoms with Gasteiger partial charge in [0.2, 0.25) is 5.95 Å². The smallest absolute Gasteiger partial charge is 0.235 e. The fourth-order valence-electron chi connectivity index (χ4n) is 23.7. The summed E-state index contributed by atoms with van der Waals surface area (Å²) in [6, 6.07) is 174. The molecule has 0 bridgehead atoms. The molecule has 1 aliphatic carbocycles. The summed E-state index contributed by atoms with van der Waals surface area (Å²) in [7, 11) is 0. The fraction of sp³-hybridized carbons (Fsp3) is 0.00741. The Morgan fingerprint density at radius 1 is 0.228 bits per heavy atom. The van der Waals surface area contributed by atoms with Crippen molar-refractivity contribution in [1.82, 2.24) is 24.5 Å². The van der Waals surface area contributed by atoms with Crippen LogP contribution in [0, 0.1) is 0 Å². The van der Waals surface area contributed by atoms with E-state index in [9.17, 15) is 0 Å². The van der Waals surface area contributed by atoms with Crippen LogP contribution in [-0.4, -0.2) is 24.5 Å². The van der Waals surface area contributed by atoms with Crippen molar-refractivity contribution in [2.45, 2.75) is 5.41 Å². The van der Waals surface area contributed by atoms with E-state index in [2.05, 4.69) is 483 Å². The van der Waals surface area contributed by atoms with E-state index in [1.54, 1.807) is 0 Å². The van der Waals surface area contributed by atoms with Crippen LogP contribution >= 0.6 is 22.7 Å². The molecule has 0 amide bonds. The van der Waals surface area contributed by atoms with Crippen LogP contribution in [0.5, 0.6) is 0 Å². The standard InChI is InChI=1S/C49H29N3S.C49H30N2O.C37H21NOS/c1-2-15-31(16-3-1)45-36-28-29-43-44(35-27-26-30-14-4-5-17-32(30)47(35)53-43)46(36)51-48(50-45)52-41-24-12-10-22-39(41)49(40-23-11-13-25-42(40)52)37-20-8-6-18-33(37)34-19-7-9-21-38(34)49;1-3-12-31(13-4-1)34-17-11-18-36(28-34)51-44-21-10-9-20-38(44)41-29-35(23-26-45(41)51)43-30-42-39(48(50-43)33-15-5-2-6-16-33)25-27-46-47(42)40-24-22-32-14-7-8-19-37(32)49(40)52-46;1-2-9-23(10-3-1)36-27-17-19-34-35(28-16-14-22-8-4-5-11-25(22)37(28)40-34)30(27)21-31(38-36)24-15-18-33-29(20-24)26-12-6-7-13-32(26)39-33/h1-29H;1-30H;1-21H. The second kappa shape index (κ2) is 32.8. The van der Waals surface area contributed by atoms with Crippen LogP contribution in [0.15, 0.2) is 494 Å². The van der Waals surface area contributed by atoms with E-state index in [1.807, 2.05) is 34.8 Å². The Kier molecular flexibility index (Phi) is 18.6. The predicted molar refractivity (Wildman–Crippen MR) is 608 cm³/mol. The van der Waals surface area contributed by atoms with Gasteiger partial charge in [-0.15, -0.1) is 22.7 Å². The largest absolute Gasteiger partial charge is 0.456 e. The van der Waals surface area contributed by atoms with Gasteiger partial charge in [-0.25, -0.2) is 19.9 Å². The molecular formula is C135H80N6O2S2. The van der Waals surface area contributed by atoms with E-state index in [4.69, 9.17) is 28.8 Å². The number of hydrogen-bond donors (Lipinski definition) is 0. The second-order valence-electron chi connectivity index (χ2n) is 37.9. The zero-order valence-corrected chi connectivity index (χ0v) is 79.6. The molecule has 9 heterocycles. The van der Waals surface area contributed by atoms with E-state index in [-0.39, 0.29) is 0 Å². The van der Waals surface area contributed by atoms with Crippen LogP contribution in [-0.2, 0) is 5.41 Å². The van der Waals surface area contributed by atoms with Gasteiger partial charge in [-0.3, -0.25) is 4.90 Å². The van der Waals surface area contributed by atoms with E-state index < -0.39 is 5.41 Å². The van der Waals surface area contributed by atoms with Gasteiger partial charge in [-0.05, 0) is 197 Å². The number of hydrogen-bond acceptors (Lipinski definition) is 9. The van der Waals surface area contributed by atoms with Gasteiger partial charge < -0.3 is 13.4 Å². The van der Waals surface area contributed by atoms with Crippen molar-refractivity contribution in [2.24, 2.45) is 0 Å².